The number of hydrogen-bond donors (Lipinski definition) is 0. The lowest BCUT2D eigenvalue weighted by Crippen LogP contribution is -2.24. The predicted molar refractivity (Wildman–Crippen MR) is 60.6 cm³/mol. The van der Waals surface area contributed by atoms with Crippen molar-refractivity contribution in [3.05, 3.63) is 11.6 Å². The molecule has 0 unspecified atom stereocenters. The van der Waals surface area contributed by atoms with Crippen LogP contribution in [0.1, 0.15) is 46.0 Å². The summed E-state index contributed by atoms with van der Waals surface area (Å²) in [7, 11) is 0. The van der Waals surface area contributed by atoms with Gasteiger partial charge in [0.2, 0.25) is 0 Å². The second-order valence-electron chi connectivity index (χ2n) is 5.35. The highest BCUT2D eigenvalue weighted by Gasteiger charge is 2.23. The molecule has 0 aromatic rings. The molecule has 0 spiro atoms. The Morgan fingerprint density at radius 3 is 2.67 bits per heavy atom. The fourth-order valence-electron chi connectivity index (χ4n) is 2.38. The van der Waals surface area contributed by atoms with Crippen molar-refractivity contribution in [2.45, 2.75) is 52.2 Å². The van der Waals surface area contributed by atoms with Crippen molar-refractivity contribution in [3.63, 3.8) is 0 Å². The van der Waals surface area contributed by atoms with Gasteiger partial charge in [-0.05, 0) is 31.1 Å². The van der Waals surface area contributed by atoms with Gasteiger partial charge < -0.3 is 9.47 Å². The quantitative estimate of drug-likeness (QED) is 0.666. The Hall–Kier alpha value is -0.340. The van der Waals surface area contributed by atoms with Gasteiger partial charge >= 0.3 is 0 Å². The highest BCUT2D eigenvalue weighted by molar-refractivity contribution is 5.14. The molecule has 86 valence electrons. The minimum absolute atomic E-state index is 0.0587. The van der Waals surface area contributed by atoms with Crippen LogP contribution in [0.4, 0.5) is 0 Å². The number of ether oxygens (including phenoxy) is 2. The highest BCUT2D eigenvalue weighted by Crippen LogP contribution is 2.36. The van der Waals surface area contributed by atoms with E-state index < -0.39 is 0 Å². The zero-order chi connectivity index (χ0) is 10.7. The van der Waals surface area contributed by atoms with Gasteiger partial charge in [0.1, 0.15) is 0 Å². The Kier molecular flexibility index (Phi) is 3.47. The normalized spacial score (nSPS) is 26.7. The van der Waals surface area contributed by atoms with Gasteiger partial charge in [0.15, 0.2) is 6.29 Å². The van der Waals surface area contributed by atoms with E-state index in [4.69, 9.17) is 9.47 Å². The minimum Gasteiger partial charge on any atom is -0.353 e. The topological polar surface area (TPSA) is 18.5 Å². The summed E-state index contributed by atoms with van der Waals surface area (Å²) in [6.07, 6.45) is 8.29. The molecule has 0 saturated carbocycles. The zero-order valence-electron chi connectivity index (χ0n) is 9.92. The van der Waals surface area contributed by atoms with Crippen molar-refractivity contribution in [1.29, 1.82) is 0 Å². The average molecular weight is 210 g/mol. The Bertz CT molecular complexity index is 237. The second kappa shape index (κ2) is 4.67. The van der Waals surface area contributed by atoms with E-state index in [1.165, 1.54) is 12.8 Å². The predicted octanol–water partition coefficient (Wildman–Crippen LogP) is 3.28. The Morgan fingerprint density at radius 1 is 1.33 bits per heavy atom. The summed E-state index contributed by atoms with van der Waals surface area (Å²) in [6.45, 7) is 6.37. The lowest BCUT2D eigenvalue weighted by atomic mass is 9.94. The molecule has 2 aliphatic rings. The average Bonchev–Trinajstić information content (AvgIpc) is 2.57. The molecular formula is C13H22O2. The Balaban J connectivity index is 1.74. The standard InChI is InChI=1S/C13H22O2/c1-13(2)7-6-11(10-13)4-5-12-14-8-3-9-15-12/h10,12H,3-9H2,1-2H3. The third kappa shape index (κ3) is 3.32. The van der Waals surface area contributed by atoms with Gasteiger partial charge in [-0.2, -0.15) is 0 Å². The summed E-state index contributed by atoms with van der Waals surface area (Å²) < 4.78 is 11.1. The fourth-order valence-corrected chi connectivity index (χ4v) is 2.38. The van der Waals surface area contributed by atoms with Gasteiger partial charge in [0.05, 0.1) is 13.2 Å². The number of allylic oxidation sites excluding steroid dienone is 2. The summed E-state index contributed by atoms with van der Waals surface area (Å²) in [5.41, 5.74) is 2.02. The largest absolute Gasteiger partial charge is 0.353 e. The van der Waals surface area contributed by atoms with Gasteiger partial charge in [-0.15, -0.1) is 0 Å². The van der Waals surface area contributed by atoms with Gasteiger partial charge in [0, 0.05) is 6.42 Å². The van der Waals surface area contributed by atoms with Crippen molar-refractivity contribution in [2.75, 3.05) is 13.2 Å². The molecule has 0 amide bonds. The van der Waals surface area contributed by atoms with Crippen LogP contribution in [0.15, 0.2) is 11.6 Å². The molecule has 15 heavy (non-hydrogen) atoms. The second-order valence-corrected chi connectivity index (χ2v) is 5.35. The van der Waals surface area contributed by atoms with E-state index in [0.29, 0.717) is 5.41 Å². The fraction of sp³-hybridized carbons (Fsp3) is 0.846. The van der Waals surface area contributed by atoms with Crippen LogP contribution in [-0.2, 0) is 9.47 Å². The lowest BCUT2D eigenvalue weighted by molar-refractivity contribution is -0.180. The molecule has 1 fully saturated rings. The smallest absolute Gasteiger partial charge is 0.157 e. The highest BCUT2D eigenvalue weighted by atomic mass is 16.7. The lowest BCUT2D eigenvalue weighted by Gasteiger charge is -2.23. The van der Waals surface area contributed by atoms with Crippen LogP contribution in [0.25, 0.3) is 0 Å². The molecule has 1 heterocycles. The molecule has 1 aliphatic heterocycles. The molecular weight excluding hydrogens is 188 g/mol. The molecule has 0 radical (unpaired) electrons. The summed E-state index contributed by atoms with van der Waals surface area (Å²) >= 11 is 0. The molecule has 0 aromatic heterocycles. The first-order valence-electron chi connectivity index (χ1n) is 6.10. The van der Waals surface area contributed by atoms with Crippen LogP contribution in [0.2, 0.25) is 0 Å². The maximum Gasteiger partial charge on any atom is 0.157 e. The summed E-state index contributed by atoms with van der Waals surface area (Å²) in [5, 5.41) is 0. The first-order valence-corrected chi connectivity index (χ1v) is 6.10. The van der Waals surface area contributed by atoms with E-state index in [9.17, 15) is 0 Å². The summed E-state index contributed by atoms with van der Waals surface area (Å²) in [6, 6.07) is 0. The van der Waals surface area contributed by atoms with Crippen molar-refractivity contribution in [2.24, 2.45) is 5.41 Å². The van der Waals surface area contributed by atoms with E-state index >= 15 is 0 Å². The first-order chi connectivity index (χ1) is 7.16. The van der Waals surface area contributed by atoms with E-state index in [2.05, 4.69) is 19.9 Å². The first kappa shape index (κ1) is 11.2. The van der Waals surface area contributed by atoms with Crippen LogP contribution in [0.3, 0.4) is 0 Å². The molecule has 2 rings (SSSR count). The molecule has 1 saturated heterocycles. The molecule has 2 heteroatoms. The van der Waals surface area contributed by atoms with Crippen LogP contribution in [-0.4, -0.2) is 19.5 Å². The van der Waals surface area contributed by atoms with Crippen LogP contribution < -0.4 is 0 Å². The third-order valence-corrected chi connectivity index (χ3v) is 3.28. The van der Waals surface area contributed by atoms with Gasteiger partial charge in [0.25, 0.3) is 0 Å². The minimum atomic E-state index is 0.0587. The van der Waals surface area contributed by atoms with Crippen molar-refractivity contribution in [3.8, 4) is 0 Å². The molecule has 0 N–H and O–H groups in total. The molecule has 1 aliphatic carbocycles. The van der Waals surface area contributed by atoms with E-state index in [-0.39, 0.29) is 6.29 Å². The third-order valence-electron chi connectivity index (χ3n) is 3.28. The zero-order valence-corrected chi connectivity index (χ0v) is 9.92. The van der Waals surface area contributed by atoms with Gasteiger partial charge in [-0.25, -0.2) is 0 Å². The van der Waals surface area contributed by atoms with E-state index in [1.54, 1.807) is 5.57 Å². The number of hydrogen-bond acceptors (Lipinski definition) is 2. The van der Waals surface area contributed by atoms with E-state index in [0.717, 1.165) is 32.5 Å². The molecule has 0 bridgehead atoms. The van der Waals surface area contributed by atoms with Crippen LogP contribution >= 0.6 is 0 Å². The van der Waals surface area contributed by atoms with Crippen molar-refractivity contribution >= 4 is 0 Å². The van der Waals surface area contributed by atoms with E-state index in [1.807, 2.05) is 0 Å². The van der Waals surface area contributed by atoms with Crippen LogP contribution in [0, 0.1) is 5.41 Å². The van der Waals surface area contributed by atoms with Gasteiger partial charge in [-0.1, -0.05) is 25.5 Å². The SMILES string of the molecule is CC1(C)C=C(CCC2OCCCO2)CC1. The summed E-state index contributed by atoms with van der Waals surface area (Å²) in [5.74, 6) is 0. The van der Waals surface area contributed by atoms with Crippen LogP contribution in [0.5, 0.6) is 0 Å². The molecule has 0 atom stereocenters. The summed E-state index contributed by atoms with van der Waals surface area (Å²) in [4.78, 5) is 0. The van der Waals surface area contributed by atoms with Crippen molar-refractivity contribution < 1.29 is 9.47 Å². The monoisotopic (exact) mass is 210 g/mol. The van der Waals surface area contributed by atoms with Crippen molar-refractivity contribution in [1.82, 2.24) is 0 Å². The Labute approximate surface area is 92.6 Å². The maximum absolute atomic E-state index is 5.54. The number of rotatable bonds is 3. The maximum atomic E-state index is 5.54. The Morgan fingerprint density at radius 2 is 2.07 bits per heavy atom. The molecule has 0 aromatic carbocycles. The molecule has 2 nitrogen and oxygen atoms in total. The van der Waals surface area contributed by atoms with Gasteiger partial charge in [-0.3, -0.25) is 0 Å².